The predicted octanol–water partition coefficient (Wildman–Crippen LogP) is 2.49. The van der Waals surface area contributed by atoms with Gasteiger partial charge in [-0.15, -0.1) is 23.5 Å². The van der Waals surface area contributed by atoms with Crippen molar-refractivity contribution in [3.8, 4) is 0 Å². The Balaban J connectivity index is 1.80. The molecule has 1 saturated carbocycles. The Morgan fingerprint density at radius 1 is 1.20 bits per heavy atom. The van der Waals surface area contributed by atoms with Gasteiger partial charge in [0.15, 0.2) is 5.79 Å². The second-order valence-corrected chi connectivity index (χ2v) is 8.95. The Kier molecular flexibility index (Phi) is 1.24. The molecule has 4 saturated heterocycles. The highest BCUT2D eigenvalue weighted by Crippen LogP contribution is 2.78. The molecule has 0 N–H and O–H groups in total. The number of ether oxygens (including phenoxy) is 2. The van der Waals surface area contributed by atoms with Crippen molar-refractivity contribution in [2.24, 2.45) is 23.7 Å². The first-order chi connectivity index (χ1) is 7.11. The van der Waals surface area contributed by atoms with E-state index in [1.54, 1.807) is 0 Å². The van der Waals surface area contributed by atoms with Crippen molar-refractivity contribution >= 4 is 23.5 Å². The van der Waals surface area contributed by atoms with Crippen LogP contribution in [0.4, 0.5) is 0 Å². The highest BCUT2D eigenvalue weighted by atomic mass is 32.2. The van der Waals surface area contributed by atoms with Crippen LogP contribution < -0.4 is 0 Å². The predicted molar refractivity (Wildman–Crippen MR) is 60.3 cm³/mol. The molecule has 8 atom stereocenters. The van der Waals surface area contributed by atoms with Crippen LogP contribution >= 0.6 is 23.5 Å². The molecule has 0 aromatic heterocycles. The van der Waals surface area contributed by atoms with Crippen LogP contribution in [-0.2, 0) is 9.47 Å². The third kappa shape index (κ3) is 0.726. The summed E-state index contributed by atoms with van der Waals surface area (Å²) in [6.45, 7) is 4.48. The monoisotopic (exact) mass is 242 g/mol. The van der Waals surface area contributed by atoms with Gasteiger partial charge in [0.1, 0.15) is 10.4 Å². The molecule has 0 aromatic carbocycles. The summed E-state index contributed by atoms with van der Waals surface area (Å²) in [6, 6.07) is 0. The number of rotatable bonds is 0. The quantitative estimate of drug-likeness (QED) is 0.649. The van der Waals surface area contributed by atoms with Crippen LogP contribution in [0, 0.1) is 23.7 Å². The molecular weight excluding hydrogens is 228 g/mol. The molecule has 2 nitrogen and oxygen atoms in total. The average Bonchev–Trinajstić information content (AvgIpc) is 2.70. The summed E-state index contributed by atoms with van der Waals surface area (Å²) < 4.78 is 13.2. The maximum absolute atomic E-state index is 6.31. The van der Waals surface area contributed by atoms with Crippen LogP contribution in [0.5, 0.6) is 0 Å². The molecule has 4 heterocycles. The van der Waals surface area contributed by atoms with E-state index in [4.69, 9.17) is 9.47 Å². The minimum atomic E-state index is -0.255. The lowest BCUT2D eigenvalue weighted by molar-refractivity contribution is -0.211. The smallest absolute Gasteiger partial charge is 0.172 e. The van der Waals surface area contributed by atoms with Crippen molar-refractivity contribution in [3.63, 3.8) is 0 Å². The molecule has 15 heavy (non-hydrogen) atoms. The van der Waals surface area contributed by atoms with E-state index >= 15 is 0 Å². The Labute approximate surface area is 97.8 Å². The van der Waals surface area contributed by atoms with Gasteiger partial charge in [0, 0.05) is 17.8 Å². The largest absolute Gasteiger partial charge is 0.336 e. The molecule has 4 aliphatic heterocycles. The minimum absolute atomic E-state index is 0.0574. The summed E-state index contributed by atoms with van der Waals surface area (Å²) in [5.74, 6) is 2.89. The van der Waals surface area contributed by atoms with Gasteiger partial charge in [0.2, 0.25) is 0 Å². The van der Waals surface area contributed by atoms with Crippen molar-refractivity contribution in [2.75, 3.05) is 0 Å². The van der Waals surface area contributed by atoms with Crippen LogP contribution in [0.15, 0.2) is 0 Å². The third-order valence-electron chi connectivity index (χ3n) is 5.14. The zero-order chi connectivity index (χ0) is 10.00. The lowest BCUT2D eigenvalue weighted by atomic mass is 9.84. The second kappa shape index (κ2) is 2.14. The lowest BCUT2D eigenvalue weighted by Crippen LogP contribution is -2.34. The molecule has 0 aromatic rings. The highest BCUT2D eigenvalue weighted by Gasteiger charge is 2.79. The lowest BCUT2D eigenvalue weighted by Gasteiger charge is -2.35. The van der Waals surface area contributed by atoms with Crippen molar-refractivity contribution in [1.82, 2.24) is 0 Å². The highest BCUT2D eigenvalue weighted by molar-refractivity contribution is 8.18. The first-order valence-corrected chi connectivity index (χ1v) is 7.64. The molecule has 8 unspecified atom stereocenters. The van der Waals surface area contributed by atoms with Gasteiger partial charge in [-0.05, 0) is 26.2 Å². The number of hydrogen-bond acceptors (Lipinski definition) is 4. The maximum Gasteiger partial charge on any atom is 0.172 e. The fraction of sp³-hybridized carbons (Fsp3) is 1.00. The van der Waals surface area contributed by atoms with Crippen molar-refractivity contribution in [3.05, 3.63) is 0 Å². The molecule has 2 bridgehead atoms. The second-order valence-electron chi connectivity index (χ2n) is 5.86. The van der Waals surface area contributed by atoms with Crippen LogP contribution in [0.2, 0.25) is 0 Å². The zero-order valence-electron chi connectivity index (χ0n) is 8.80. The molecule has 1 aliphatic carbocycles. The summed E-state index contributed by atoms with van der Waals surface area (Å²) in [7, 11) is 0. The first kappa shape index (κ1) is 8.67. The van der Waals surface area contributed by atoms with Gasteiger partial charge in [-0.1, -0.05) is 0 Å². The summed E-state index contributed by atoms with van der Waals surface area (Å²) >= 11 is 4.16. The topological polar surface area (TPSA) is 18.5 Å². The Morgan fingerprint density at radius 2 is 2.07 bits per heavy atom. The molecule has 82 valence electrons. The number of hydrogen-bond donors (Lipinski definition) is 0. The molecule has 0 spiro atoms. The Morgan fingerprint density at radius 3 is 2.93 bits per heavy atom. The van der Waals surface area contributed by atoms with Gasteiger partial charge in [-0.3, -0.25) is 0 Å². The average molecular weight is 242 g/mol. The number of thioether (sulfide) groups is 2. The van der Waals surface area contributed by atoms with Gasteiger partial charge >= 0.3 is 0 Å². The van der Waals surface area contributed by atoms with Gasteiger partial charge < -0.3 is 9.47 Å². The van der Waals surface area contributed by atoms with Gasteiger partial charge in [0.25, 0.3) is 0 Å². The summed E-state index contributed by atoms with van der Waals surface area (Å²) in [6.07, 6.45) is 1.40. The van der Waals surface area contributed by atoms with E-state index in [2.05, 4.69) is 37.4 Å². The van der Waals surface area contributed by atoms with E-state index in [0.29, 0.717) is 11.4 Å². The standard InChI is InChI=1S/C11H14O2S2/c1-10-6-4-3-5-7(6)11(2,13-10)15-9(5)14-8(4)12-10/h4-9H,3H2,1-2H3. The Bertz CT molecular complexity index is 344. The molecular formula is C11H14O2S2. The third-order valence-corrected chi connectivity index (χ3v) is 8.50. The van der Waals surface area contributed by atoms with Gasteiger partial charge in [-0.2, -0.15) is 0 Å². The summed E-state index contributed by atoms with van der Waals surface area (Å²) in [5.41, 5.74) is 0.434. The first-order valence-electron chi connectivity index (χ1n) is 5.82. The summed E-state index contributed by atoms with van der Waals surface area (Å²) in [5, 5.41) is 0. The van der Waals surface area contributed by atoms with E-state index in [1.165, 1.54) is 6.42 Å². The van der Waals surface area contributed by atoms with Crippen molar-refractivity contribution in [1.29, 1.82) is 0 Å². The molecule has 5 aliphatic rings. The van der Waals surface area contributed by atoms with Gasteiger partial charge in [-0.25, -0.2) is 0 Å². The van der Waals surface area contributed by atoms with Crippen molar-refractivity contribution < 1.29 is 9.47 Å². The van der Waals surface area contributed by atoms with Crippen LogP contribution in [0.3, 0.4) is 0 Å². The summed E-state index contributed by atoms with van der Waals surface area (Å²) in [4.78, 5) is 0.0574. The van der Waals surface area contributed by atoms with E-state index in [1.807, 2.05) is 0 Å². The molecule has 0 radical (unpaired) electrons. The van der Waals surface area contributed by atoms with Gasteiger partial charge in [0.05, 0.1) is 4.58 Å². The van der Waals surface area contributed by atoms with Crippen LogP contribution in [-0.4, -0.2) is 20.7 Å². The van der Waals surface area contributed by atoms with Crippen LogP contribution in [0.25, 0.3) is 0 Å². The SMILES string of the molecule is CC12OC3SC4SC(C)(O1)C1C4CC3C12. The van der Waals surface area contributed by atoms with Crippen molar-refractivity contribution in [2.45, 2.75) is 41.0 Å². The molecule has 4 heteroatoms. The molecule has 0 amide bonds. The fourth-order valence-corrected chi connectivity index (χ4v) is 9.11. The van der Waals surface area contributed by atoms with E-state index < -0.39 is 0 Å². The molecule has 5 fully saturated rings. The minimum Gasteiger partial charge on any atom is -0.336 e. The van der Waals surface area contributed by atoms with E-state index in [0.717, 1.165) is 22.3 Å². The fourth-order valence-electron chi connectivity index (χ4n) is 4.90. The normalized spacial score (nSPS) is 77.2. The van der Waals surface area contributed by atoms with E-state index in [-0.39, 0.29) is 10.7 Å². The Hall–Kier alpha value is 0.620. The van der Waals surface area contributed by atoms with Crippen LogP contribution in [0.1, 0.15) is 20.3 Å². The maximum atomic E-state index is 6.31. The van der Waals surface area contributed by atoms with E-state index in [9.17, 15) is 0 Å². The zero-order valence-corrected chi connectivity index (χ0v) is 10.4. The molecule has 5 rings (SSSR count).